The number of benzene rings is 2. The number of rotatable bonds is 7. The molecule has 0 amide bonds. The zero-order valence-corrected chi connectivity index (χ0v) is 12.0. The fourth-order valence-electron chi connectivity index (χ4n) is 2.21. The van der Waals surface area contributed by atoms with Crippen LogP contribution in [0.2, 0.25) is 0 Å². The Hall–Kier alpha value is -1.83. The van der Waals surface area contributed by atoms with Crippen molar-refractivity contribution < 1.29 is 4.39 Å². The van der Waals surface area contributed by atoms with Crippen LogP contribution >= 0.6 is 0 Å². The third kappa shape index (κ3) is 4.37. The van der Waals surface area contributed by atoms with E-state index in [4.69, 9.17) is 0 Å². The van der Waals surface area contributed by atoms with E-state index in [9.17, 15) is 4.39 Å². The number of hydrogen-bond donors (Lipinski definition) is 1. The molecule has 106 valence electrons. The molecule has 0 aliphatic rings. The molecular weight excluding hydrogens is 249 g/mol. The van der Waals surface area contributed by atoms with Crippen LogP contribution < -0.4 is 5.32 Å². The summed E-state index contributed by atoms with van der Waals surface area (Å²) in [5.74, 6) is -0.156. The molecule has 0 saturated carbocycles. The molecule has 0 saturated heterocycles. The molecule has 1 N–H and O–H groups in total. The first-order chi connectivity index (χ1) is 9.79. The SMILES string of the molecule is CCCCCc1ccc(NCc2ccccc2F)cc1. The maximum absolute atomic E-state index is 13.5. The predicted octanol–water partition coefficient (Wildman–Crippen LogP) is 5.17. The molecule has 2 rings (SSSR count). The molecule has 2 heteroatoms. The fourth-order valence-corrected chi connectivity index (χ4v) is 2.21. The van der Waals surface area contributed by atoms with E-state index in [1.165, 1.54) is 30.9 Å². The van der Waals surface area contributed by atoms with Crippen LogP contribution in [0.3, 0.4) is 0 Å². The normalized spacial score (nSPS) is 10.5. The smallest absolute Gasteiger partial charge is 0.128 e. The van der Waals surface area contributed by atoms with E-state index in [0.29, 0.717) is 12.1 Å². The van der Waals surface area contributed by atoms with Crippen LogP contribution in [0.25, 0.3) is 0 Å². The van der Waals surface area contributed by atoms with Gasteiger partial charge in [-0.3, -0.25) is 0 Å². The van der Waals surface area contributed by atoms with Crippen molar-refractivity contribution in [3.63, 3.8) is 0 Å². The van der Waals surface area contributed by atoms with E-state index in [-0.39, 0.29) is 5.82 Å². The summed E-state index contributed by atoms with van der Waals surface area (Å²) < 4.78 is 13.5. The van der Waals surface area contributed by atoms with Gasteiger partial charge < -0.3 is 5.32 Å². The number of unbranched alkanes of at least 4 members (excludes halogenated alkanes) is 2. The standard InChI is InChI=1S/C18H22FN/c1-2-3-4-7-15-10-12-17(13-11-15)20-14-16-8-5-6-9-18(16)19/h5-6,8-13,20H,2-4,7,14H2,1H3. The van der Waals surface area contributed by atoms with Gasteiger partial charge in [-0.25, -0.2) is 4.39 Å². The minimum Gasteiger partial charge on any atom is -0.381 e. The molecule has 20 heavy (non-hydrogen) atoms. The third-order valence-electron chi connectivity index (χ3n) is 3.46. The van der Waals surface area contributed by atoms with Crippen molar-refractivity contribution in [2.75, 3.05) is 5.32 Å². The minimum atomic E-state index is -0.156. The van der Waals surface area contributed by atoms with Crippen molar-refractivity contribution >= 4 is 5.69 Å². The van der Waals surface area contributed by atoms with Crippen molar-refractivity contribution in [3.8, 4) is 0 Å². The quantitative estimate of drug-likeness (QED) is 0.685. The second kappa shape index (κ2) is 7.68. The third-order valence-corrected chi connectivity index (χ3v) is 3.46. The number of anilines is 1. The molecule has 0 heterocycles. The van der Waals surface area contributed by atoms with E-state index in [2.05, 4.69) is 36.5 Å². The van der Waals surface area contributed by atoms with E-state index in [1.54, 1.807) is 12.1 Å². The molecular formula is C18H22FN. The second-order valence-electron chi connectivity index (χ2n) is 5.10. The van der Waals surface area contributed by atoms with Crippen LogP contribution in [-0.2, 0) is 13.0 Å². The summed E-state index contributed by atoms with van der Waals surface area (Å²) in [6.45, 7) is 2.73. The highest BCUT2D eigenvalue weighted by molar-refractivity contribution is 5.45. The second-order valence-corrected chi connectivity index (χ2v) is 5.10. The Balaban J connectivity index is 1.86. The van der Waals surface area contributed by atoms with Gasteiger partial charge in [0.05, 0.1) is 0 Å². The fraction of sp³-hybridized carbons (Fsp3) is 0.333. The average Bonchev–Trinajstić information content (AvgIpc) is 2.48. The van der Waals surface area contributed by atoms with Crippen LogP contribution in [0.15, 0.2) is 48.5 Å². The van der Waals surface area contributed by atoms with Crippen LogP contribution in [0.5, 0.6) is 0 Å². The summed E-state index contributed by atoms with van der Waals surface area (Å²) in [4.78, 5) is 0. The molecule has 0 aromatic heterocycles. The first-order valence-corrected chi connectivity index (χ1v) is 7.36. The number of halogens is 1. The molecule has 0 unspecified atom stereocenters. The van der Waals surface area contributed by atoms with Crippen LogP contribution in [-0.4, -0.2) is 0 Å². The van der Waals surface area contributed by atoms with Crippen LogP contribution in [0, 0.1) is 5.82 Å². The number of aryl methyl sites for hydroxylation is 1. The molecule has 0 spiro atoms. The summed E-state index contributed by atoms with van der Waals surface area (Å²) in [5, 5.41) is 3.26. The van der Waals surface area contributed by atoms with Gasteiger partial charge in [0.1, 0.15) is 5.82 Å². The average molecular weight is 271 g/mol. The summed E-state index contributed by atoms with van der Waals surface area (Å²) in [5.41, 5.74) is 3.10. The molecule has 0 fully saturated rings. The molecule has 0 aliphatic carbocycles. The predicted molar refractivity (Wildman–Crippen MR) is 83.4 cm³/mol. The molecule has 0 aliphatic heterocycles. The van der Waals surface area contributed by atoms with Crippen molar-refractivity contribution in [1.29, 1.82) is 0 Å². The van der Waals surface area contributed by atoms with Gasteiger partial charge in [0, 0.05) is 17.8 Å². The first-order valence-electron chi connectivity index (χ1n) is 7.36. The Labute approximate surface area is 120 Å². The Bertz CT molecular complexity index is 519. The summed E-state index contributed by atoms with van der Waals surface area (Å²) >= 11 is 0. The summed E-state index contributed by atoms with van der Waals surface area (Å²) in [6.07, 6.45) is 4.93. The lowest BCUT2D eigenvalue weighted by Crippen LogP contribution is -2.01. The van der Waals surface area contributed by atoms with Gasteiger partial charge in [-0.1, -0.05) is 50.1 Å². The van der Waals surface area contributed by atoms with Gasteiger partial charge >= 0.3 is 0 Å². The van der Waals surface area contributed by atoms with E-state index in [0.717, 1.165) is 12.1 Å². The molecule has 1 nitrogen and oxygen atoms in total. The van der Waals surface area contributed by atoms with E-state index in [1.807, 2.05) is 6.07 Å². The van der Waals surface area contributed by atoms with Gasteiger partial charge in [0.15, 0.2) is 0 Å². The topological polar surface area (TPSA) is 12.0 Å². The monoisotopic (exact) mass is 271 g/mol. The van der Waals surface area contributed by atoms with Gasteiger partial charge in [-0.2, -0.15) is 0 Å². The highest BCUT2D eigenvalue weighted by Crippen LogP contribution is 2.14. The van der Waals surface area contributed by atoms with Crippen molar-refractivity contribution in [2.45, 2.75) is 39.2 Å². The number of hydrogen-bond acceptors (Lipinski definition) is 1. The summed E-state index contributed by atoms with van der Waals surface area (Å²) in [6, 6.07) is 15.3. The van der Waals surface area contributed by atoms with Crippen molar-refractivity contribution in [1.82, 2.24) is 0 Å². The minimum absolute atomic E-state index is 0.156. The lowest BCUT2D eigenvalue weighted by atomic mass is 10.1. The van der Waals surface area contributed by atoms with E-state index >= 15 is 0 Å². The Kier molecular flexibility index (Phi) is 5.60. The maximum Gasteiger partial charge on any atom is 0.128 e. The lowest BCUT2D eigenvalue weighted by molar-refractivity contribution is 0.613. The Morgan fingerprint density at radius 1 is 0.950 bits per heavy atom. The highest BCUT2D eigenvalue weighted by Gasteiger charge is 2.00. The maximum atomic E-state index is 13.5. The van der Waals surface area contributed by atoms with Crippen LogP contribution in [0.1, 0.15) is 37.3 Å². The molecule has 0 atom stereocenters. The largest absolute Gasteiger partial charge is 0.381 e. The van der Waals surface area contributed by atoms with Gasteiger partial charge in [-0.05, 0) is 36.6 Å². The first kappa shape index (κ1) is 14.6. The molecule has 2 aromatic carbocycles. The highest BCUT2D eigenvalue weighted by atomic mass is 19.1. The van der Waals surface area contributed by atoms with Crippen molar-refractivity contribution in [3.05, 3.63) is 65.5 Å². The van der Waals surface area contributed by atoms with Gasteiger partial charge in [-0.15, -0.1) is 0 Å². The van der Waals surface area contributed by atoms with E-state index < -0.39 is 0 Å². The molecule has 0 radical (unpaired) electrons. The van der Waals surface area contributed by atoms with Crippen LogP contribution in [0.4, 0.5) is 10.1 Å². The Morgan fingerprint density at radius 3 is 2.40 bits per heavy atom. The zero-order chi connectivity index (χ0) is 14.2. The van der Waals surface area contributed by atoms with Gasteiger partial charge in [0.25, 0.3) is 0 Å². The van der Waals surface area contributed by atoms with Gasteiger partial charge in [0.2, 0.25) is 0 Å². The number of nitrogens with one attached hydrogen (secondary N) is 1. The molecule has 2 aromatic rings. The molecule has 0 bridgehead atoms. The summed E-state index contributed by atoms with van der Waals surface area (Å²) in [7, 11) is 0. The Morgan fingerprint density at radius 2 is 1.70 bits per heavy atom. The lowest BCUT2D eigenvalue weighted by Gasteiger charge is -2.08. The van der Waals surface area contributed by atoms with Crippen molar-refractivity contribution in [2.24, 2.45) is 0 Å². The zero-order valence-electron chi connectivity index (χ0n) is 12.0.